The van der Waals surface area contributed by atoms with Crippen molar-refractivity contribution >= 4 is 11.6 Å². The van der Waals surface area contributed by atoms with Gasteiger partial charge in [-0.2, -0.15) is 23.4 Å². The van der Waals surface area contributed by atoms with Gasteiger partial charge in [-0.3, -0.25) is 4.68 Å². The summed E-state index contributed by atoms with van der Waals surface area (Å²) in [6.07, 6.45) is -3.58. The Morgan fingerprint density at radius 1 is 1.30 bits per heavy atom. The largest absolute Gasteiger partial charge is 0.464 e. The fourth-order valence-electron chi connectivity index (χ4n) is 2.33. The number of hydrogen-bond acceptors (Lipinski definition) is 5. The molecular formula is C13H10F3N5O2. The molecule has 0 aliphatic carbocycles. The van der Waals surface area contributed by atoms with Gasteiger partial charge < -0.3 is 4.74 Å². The number of carbonyl (C=O) groups excluding carboxylic acids is 1. The third-order valence-electron chi connectivity index (χ3n) is 3.25. The van der Waals surface area contributed by atoms with Gasteiger partial charge in [-0.15, -0.1) is 0 Å². The number of alkyl halides is 3. The Morgan fingerprint density at radius 3 is 2.70 bits per heavy atom. The van der Waals surface area contributed by atoms with Crippen LogP contribution >= 0.6 is 0 Å². The highest BCUT2D eigenvalue weighted by molar-refractivity contribution is 5.91. The Morgan fingerprint density at radius 2 is 2.04 bits per heavy atom. The third-order valence-corrected chi connectivity index (χ3v) is 3.25. The minimum Gasteiger partial charge on any atom is -0.464 e. The Labute approximate surface area is 127 Å². The SMILES string of the molecule is COC(=O)c1c(C(F)(F)F)c(-c2cccc3ncnn23)nn1C. The van der Waals surface area contributed by atoms with Crippen LogP contribution in [0.4, 0.5) is 13.2 Å². The highest BCUT2D eigenvalue weighted by Gasteiger charge is 2.43. The molecule has 120 valence electrons. The zero-order valence-corrected chi connectivity index (χ0v) is 12.0. The van der Waals surface area contributed by atoms with Crippen molar-refractivity contribution in [3.63, 3.8) is 0 Å². The summed E-state index contributed by atoms with van der Waals surface area (Å²) in [4.78, 5) is 15.7. The molecule has 3 aromatic rings. The zero-order valence-electron chi connectivity index (χ0n) is 12.0. The monoisotopic (exact) mass is 325 g/mol. The summed E-state index contributed by atoms with van der Waals surface area (Å²) >= 11 is 0. The number of methoxy groups -OCH3 is 1. The average Bonchev–Trinajstić information content (AvgIpc) is 3.09. The number of aryl methyl sites for hydroxylation is 1. The number of ether oxygens (including phenoxy) is 1. The van der Waals surface area contributed by atoms with Crippen LogP contribution in [-0.2, 0) is 18.0 Å². The van der Waals surface area contributed by atoms with Gasteiger partial charge in [0.05, 0.1) is 12.8 Å². The fourth-order valence-corrected chi connectivity index (χ4v) is 2.33. The number of fused-ring (bicyclic) bond motifs is 1. The molecule has 0 radical (unpaired) electrons. The maximum atomic E-state index is 13.5. The predicted molar refractivity (Wildman–Crippen MR) is 71.5 cm³/mol. The van der Waals surface area contributed by atoms with Crippen molar-refractivity contribution in [1.82, 2.24) is 24.4 Å². The molecule has 23 heavy (non-hydrogen) atoms. The van der Waals surface area contributed by atoms with E-state index in [0.29, 0.717) is 5.65 Å². The van der Waals surface area contributed by atoms with Crippen LogP contribution in [0, 0.1) is 0 Å². The van der Waals surface area contributed by atoms with Crippen molar-refractivity contribution in [1.29, 1.82) is 0 Å². The first-order valence-corrected chi connectivity index (χ1v) is 6.36. The third kappa shape index (κ3) is 2.31. The molecule has 0 atom stereocenters. The molecule has 3 rings (SSSR count). The topological polar surface area (TPSA) is 74.3 Å². The first-order chi connectivity index (χ1) is 10.8. The maximum absolute atomic E-state index is 13.5. The highest BCUT2D eigenvalue weighted by Crippen LogP contribution is 2.39. The smallest absolute Gasteiger partial charge is 0.420 e. The first kappa shape index (κ1) is 15.0. The lowest BCUT2D eigenvalue weighted by molar-refractivity contribution is -0.137. The minimum atomic E-state index is -4.80. The number of nitrogens with zero attached hydrogens (tertiary/aromatic N) is 5. The summed E-state index contributed by atoms with van der Waals surface area (Å²) in [5.74, 6) is -1.12. The number of carbonyl (C=O) groups is 1. The molecule has 0 spiro atoms. The van der Waals surface area contributed by atoms with Crippen molar-refractivity contribution in [2.24, 2.45) is 7.05 Å². The predicted octanol–water partition coefficient (Wildman–Crippen LogP) is 1.94. The van der Waals surface area contributed by atoms with Gasteiger partial charge in [0.25, 0.3) is 0 Å². The van der Waals surface area contributed by atoms with E-state index in [9.17, 15) is 18.0 Å². The van der Waals surface area contributed by atoms with Crippen LogP contribution in [0.15, 0.2) is 24.5 Å². The molecule has 0 saturated carbocycles. The molecular weight excluding hydrogens is 315 g/mol. The number of aromatic nitrogens is 5. The van der Waals surface area contributed by atoms with E-state index >= 15 is 0 Å². The molecule has 0 aliphatic heterocycles. The van der Waals surface area contributed by atoms with E-state index in [2.05, 4.69) is 19.9 Å². The number of esters is 1. The van der Waals surface area contributed by atoms with Gasteiger partial charge >= 0.3 is 12.1 Å². The van der Waals surface area contributed by atoms with Gasteiger partial charge in [0, 0.05) is 7.05 Å². The van der Waals surface area contributed by atoms with Crippen LogP contribution in [0.2, 0.25) is 0 Å². The molecule has 7 nitrogen and oxygen atoms in total. The molecule has 0 aliphatic rings. The van der Waals surface area contributed by atoms with Crippen LogP contribution in [-0.4, -0.2) is 37.5 Å². The number of rotatable bonds is 2. The van der Waals surface area contributed by atoms with E-state index in [1.165, 1.54) is 30.0 Å². The van der Waals surface area contributed by atoms with E-state index in [1.54, 1.807) is 6.07 Å². The van der Waals surface area contributed by atoms with Gasteiger partial charge in [-0.25, -0.2) is 14.3 Å². The van der Waals surface area contributed by atoms with Crippen LogP contribution in [0.25, 0.3) is 17.0 Å². The molecule has 0 saturated heterocycles. The molecule has 3 aromatic heterocycles. The minimum absolute atomic E-state index is 0.0677. The molecule has 3 heterocycles. The quantitative estimate of drug-likeness (QED) is 0.673. The van der Waals surface area contributed by atoms with E-state index in [0.717, 1.165) is 11.8 Å². The molecule has 0 aromatic carbocycles. The van der Waals surface area contributed by atoms with Gasteiger partial charge in [-0.1, -0.05) is 6.07 Å². The van der Waals surface area contributed by atoms with Gasteiger partial charge in [0.2, 0.25) is 0 Å². The summed E-state index contributed by atoms with van der Waals surface area (Å²) in [6.45, 7) is 0. The zero-order chi connectivity index (χ0) is 16.8. The lowest BCUT2D eigenvalue weighted by atomic mass is 10.1. The molecule has 0 amide bonds. The van der Waals surface area contributed by atoms with Crippen LogP contribution in [0.3, 0.4) is 0 Å². The number of halogens is 3. The summed E-state index contributed by atoms with van der Waals surface area (Å²) in [7, 11) is 2.25. The van der Waals surface area contributed by atoms with Gasteiger partial charge in [0.15, 0.2) is 11.3 Å². The van der Waals surface area contributed by atoms with Crippen molar-refractivity contribution < 1.29 is 22.7 Å². The summed E-state index contributed by atoms with van der Waals surface area (Å²) in [5, 5.41) is 7.75. The average molecular weight is 325 g/mol. The van der Waals surface area contributed by atoms with Gasteiger partial charge in [-0.05, 0) is 12.1 Å². The van der Waals surface area contributed by atoms with E-state index < -0.39 is 29.1 Å². The second-order valence-corrected chi connectivity index (χ2v) is 4.63. The molecule has 0 unspecified atom stereocenters. The summed E-state index contributed by atoms with van der Waals surface area (Å²) < 4.78 is 47.1. The van der Waals surface area contributed by atoms with Crippen molar-refractivity contribution in [3.8, 4) is 11.4 Å². The fraction of sp³-hybridized carbons (Fsp3) is 0.231. The Kier molecular flexibility index (Phi) is 3.31. The van der Waals surface area contributed by atoms with Gasteiger partial charge in [0.1, 0.15) is 17.6 Å². The van der Waals surface area contributed by atoms with E-state index in [-0.39, 0.29) is 5.69 Å². The van der Waals surface area contributed by atoms with E-state index in [1.807, 2.05) is 0 Å². The molecule has 0 fully saturated rings. The molecule has 0 bridgehead atoms. The van der Waals surface area contributed by atoms with Crippen molar-refractivity contribution in [2.75, 3.05) is 7.11 Å². The standard InChI is InChI=1S/C13H10F3N5O2/c1-20-11(12(22)23-2)9(13(14,15)16)10(19-20)7-4-3-5-8-17-6-18-21(7)8/h3-6H,1-2H3. The maximum Gasteiger partial charge on any atom is 0.420 e. The van der Waals surface area contributed by atoms with Crippen molar-refractivity contribution in [2.45, 2.75) is 6.18 Å². The second kappa shape index (κ2) is 5.07. The summed E-state index contributed by atoms with van der Waals surface area (Å²) in [5.41, 5.74) is -1.84. The first-order valence-electron chi connectivity index (χ1n) is 6.36. The lowest BCUT2D eigenvalue weighted by Crippen LogP contribution is -2.16. The van der Waals surface area contributed by atoms with E-state index in [4.69, 9.17) is 0 Å². The highest BCUT2D eigenvalue weighted by atomic mass is 19.4. The summed E-state index contributed by atoms with van der Waals surface area (Å²) in [6, 6.07) is 4.54. The lowest BCUT2D eigenvalue weighted by Gasteiger charge is -2.10. The Hall–Kier alpha value is -2.91. The second-order valence-electron chi connectivity index (χ2n) is 4.63. The van der Waals surface area contributed by atoms with Crippen LogP contribution in [0.5, 0.6) is 0 Å². The molecule has 10 heteroatoms. The number of hydrogen-bond donors (Lipinski definition) is 0. The van der Waals surface area contributed by atoms with Crippen molar-refractivity contribution in [3.05, 3.63) is 35.8 Å². The van der Waals surface area contributed by atoms with Crippen LogP contribution < -0.4 is 0 Å². The Bertz CT molecular complexity index is 897. The molecule has 0 N–H and O–H groups in total. The number of pyridine rings is 1. The normalized spacial score (nSPS) is 11.9. The van der Waals surface area contributed by atoms with Crippen LogP contribution in [0.1, 0.15) is 16.1 Å². The Balaban J connectivity index is 2.36.